The molecule has 0 fully saturated rings. The first kappa shape index (κ1) is 13.2. The number of anilines is 1. The zero-order valence-corrected chi connectivity index (χ0v) is 10.9. The molecule has 0 aliphatic heterocycles. The van der Waals surface area contributed by atoms with Crippen LogP contribution in [0, 0.1) is 5.95 Å². The van der Waals surface area contributed by atoms with Gasteiger partial charge in [-0.1, -0.05) is 26.0 Å². The normalized spacial score (nSPS) is 10.5. The van der Waals surface area contributed by atoms with E-state index in [1.807, 2.05) is 18.2 Å². The van der Waals surface area contributed by atoms with E-state index in [0.29, 0.717) is 11.6 Å². The molecule has 1 amide bonds. The Morgan fingerprint density at radius 2 is 2.05 bits per heavy atom. The summed E-state index contributed by atoms with van der Waals surface area (Å²) in [5.41, 5.74) is 1.71. The number of hydrogen-bond donors (Lipinski definition) is 1. The molecule has 4 heteroatoms. The number of pyridine rings is 1. The number of hydrogen-bond acceptors (Lipinski definition) is 2. The second-order valence-corrected chi connectivity index (χ2v) is 4.58. The van der Waals surface area contributed by atoms with Crippen LogP contribution in [-0.2, 0) is 0 Å². The Morgan fingerprint density at radius 1 is 1.26 bits per heavy atom. The summed E-state index contributed by atoms with van der Waals surface area (Å²) in [7, 11) is 0. The summed E-state index contributed by atoms with van der Waals surface area (Å²) in [5.74, 6) is -0.890. The molecule has 3 nitrogen and oxygen atoms in total. The Morgan fingerprint density at radius 3 is 2.74 bits per heavy atom. The molecule has 1 N–H and O–H groups in total. The maximum atomic E-state index is 13.4. The molecule has 2 aromatic rings. The summed E-state index contributed by atoms with van der Waals surface area (Å²) in [5, 5.41) is 2.68. The fraction of sp³-hybridized carbons (Fsp3) is 0.200. The number of halogens is 1. The SMILES string of the molecule is CC(C)c1cccc(NC(=O)c2cccnc2F)c1. The number of nitrogens with one attached hydrogen (secondary N) is 1. The van der Waals surface area contributed by atoms with Gasteiger partial charge in [-0.15, -0.1) is 0 Å². The van der Waals surface area contributed by atoms with E-state index in [0.717, 1.165) is 5.56 Å². The molecule has 0 bridgehead atoms. The van der Waals surface area contributed by atoms with Crippen LogP contribution >= 0.6 is 0 Å². The molecular weight excluding hydrogens is 243 g/mol. The van der Waals surface area contributed by atoms with Gasteiger partial charge in [-0.05, 0) is 35.7 Å². The van der Waals surface area contributed by atoms with Crippen LogP contribution in [-0.4, -0.2) is 10.9 Å². The molecular formula is C15H15FN2O. The predicted molar refractivity (Wildman–Crippen MR) is 72.7 cm³/mol. The van der Waals surface area contributed by atoms with Crippen LogP contribution in [0.15, 0.2) is 42.6 Å². The van der Waals surface area contributed by atoms with Crippen molar-refractivity contribution in [1.82, 2.24) is 4.98 Å². The van der Waals surface area contributed by atoms with Crippen molar-refractivity contribution in [2.75, 3.05) is 5.32 Å². The lowest BCUT2D eigenvalue weighted by atomic mass is 10.0. The fourth-order valence-corrected chi connectivity index (χ4v) is 1.73. The number of carbonyl (C=O) groups is 1. The van der Waals surface area contributed by atoms with E-state index in [1.165, 1.54) is 18.3 Å². The molecule has 1 aromatic carbocycles. The van der Waals surface area contributed by atoms with Crippen LogP contribution in [0.3, 0.4) is 0 Å². The van der Waals surface area contributed by atoms with Gasteiger partial charge in [0.15, 0.2) is 0 Å². The maximum absolute atomic E-state index is 13.4. The highest BCUT2D eigenvalue weighted by atomic mass is 19.1. The minimum atomic E-state index is -0.764. The number of amides is 1. The summed E-state index contributed by atoms with van der Waals surface area (Å²) in [6.45, 7) is 4.14. The summed E-state index contributed by atoms with van der Waals surface area (Å²) >= 11 is 0. The van der Waals surface area contributed by atoms with E-state index in [1.54, 1.807) is 6.07 Å². The van der Waals surface area contributed by atoms with Crippen molar-refractivity contribution in [3.63, 3.8) is 0 Å². The molecule has 2 rings (SSSR count). The Bertz CT molecular complexity index is 596. The summed E-state index contributed by atoms with van der Waals surface area (Å²) in [6, 6.07) is 10.5. The smallest absolute Gasteiger partial charge is 0.260 e. The minimum Gasteiger partial charge on any atom is -0.322 e. The standard InChI is InChI=1S/C15H15FN2O/c1-10(2)11-5-3-6-12(9-11)18-15(19)13-7-4-8-17-14(13)16/h3-10H,1-2H3,(H,18,19). The van der Waals surface area contributed by atoms with E-state index in [9.17, 15) is 9.18 Å². The van der Waals surface area contributed by atoms with E-state index in [4.69, 9.17) is 0 Å². The van der Waals surface area contributed by atoms with E-state index < -0.39 is 11.9 Å². The van der Waals surface area contributed by atoms with Gasteiger partial charge in [0.05, 0.1) is 5.56 Å². The molecule has 0 spiro atoms. The van der Waals surface area contributed by atoms with Crippen LogP contribution in [0.5, 0.6) is 0 Å². The highest BCUT2D eigenvalue weighted by Gasteiger charge is 2.12. The maximum Gasteiger partial charge on any atom is 0.260 e. The molecule has 0 aliphatic carbocycles. The molecule has 98 valence electrons. The number of aromatic nitrogens is 1. The molecule has 0 aliphatic rings. The van der Waals surface area contributed by atoms with Gasteiger partial charge in [-0.2, -0.15) is 4.39 Å². The van der Waals surface area contributed by atoms with Crippen molar-refractivity contribution in [3.05, 3.63) is 59.7 Å². The lowest BCUT2D eigenvalue weighted by Crippen LogP contribution is -2.14. The fourth-order valence-electron chi connectivity index (χ4n) is 1.73. The topological polar surface area (TPSA) is 42.0 Å². The Kier molecular flexibility index (Phi) is 3.90. The van der Waals surface area contributed by atoms with E-state index >= 15 is 0 Å². The van der Waals surface area contributed by atoms with Crippen molar-refractivity contribution in [2.24, 2.45) is 0 Å². The first-order valence-electron chi connectivity index (χ1n) is 6.09. The average Bonchev–Trinajstić information content (AvgIpc) is 2.39. The predicted octanol–water partition coefficient (Wildman–Crippen LogP) is 3.60. The van der Waals surface area contributed by atoms with Crippen molar-refractivity contribution < 1.29 is 9.18 Å². The molecule has 19 heavy (non-hydrogen) atoms. The molecule has 0 atom stereocenters. The van der Waals surface area contributed by atoms with Crippen LogP contribution < -0.4 is 5.32 Å². The van der Waals surface area contributed by atoms with Gasteiger partial charge in [0, 0.05) is 11.9 Å². The van der Waals surface area contributed by atoms with Crippen LogP contribution in [0.2, 0.25) is 0 Å². The van der Waals surface area contributed by atoms with Gasteiger partial charge in [0.1, 0.15) is 0 Å². The third kappa shape index (κ3) is 3.16. The van der Waals surface area contributed by atoms with Crippen LogP contribution in [0.4, 0.5) is 10.1 Å². The zero-order chi connectivity index (χ0) is 13.8. The van der Waals surface area contributed by atoms with Crippen molar-refractivity contribution in [3.8, 4) is 0 Å². The molecule has 1 aromatic heterocycles. The van der Waals surface area contributed by atoms with Crippen molar-refractivity contribution in [1.29, 1.82) is 0 Å². The number of rotatable bonds is 3. The largest absolute Gasteiger partial charge is 0.322 e. The first-order chi connectivity index (χ1) is 9.08. The van der Waals surface area contributed by atoms with Gasteiger partial charge >= 0.3 is 0 Å². The third-order valence-corrected chi connectivity index (χ3v) is 2.81. The van der Waals surface area contributed by atoms with Crippen LogP contribution in [0.25, 0.3) is 0 Å². The van der Waals surface area contributed by atoms with Gasteiger partial charge < -0.3 is 5.32 Å². The zero-order valence-electron chi connectivity index (χ0n) is 10.9. The molecule has 0 saturated heterocycles. The number of carbonyl (C=O) groups excluding carboxylic acids is 1. The summed E-state index contributed by atoms with van der Waals surface area (Å²) < 4.78 is 13.4. The quantitative estimate of drug-likeness (QED) is 0.855. The van der Waals surface area contributed by atoms with E-state index in [2.05, 4.69) is 24.1 Å². The summed E-state index contributed by atoms with van der Waals surface area (Å²) in [6.07, 6.45) is 1.31. The Hall–Kier alpha value is -2.23. The average molecular weight is 258 g/mol. The monoisotopic (exact) mass is 258 g/mol. The molecule has 0 radical (unpaired) electrons. The van der Waals surface area contributed by atoms with Crippen molar-refractivity contribution >= 4 is 11.6 Å². The van der Waals surface area contributed by atoms with Gasteiger partial charge in [0.2, 0.25) is 5.95 Å². The van der Waals surface area contributed by atoms with E-state index in [-0.39, 0.29) is 5.56 Å². The number of nitrogens with zero attached hydrogens (tertiary/aromatic N) is 1. The summed E-state index contributed by atoms with van der Waals surface area (Å²) in [4.78, 5) is 15.4. The lowest BCUT2D eigenvalue weighted by Gasteiger charge is -2.09. The Balaban J connectivity index is 2.20. The van der Waals surface area contributed by atoms with Gasteiger partial charge in [-0.3, -0.25) is 4.79 Å². The van der Waals surface area contributed by atoms with Gasteiger partial charge in [0.25, 0.3) is 5.91 Å². The third-order valence-electron chi connectivity index (χ3n) is 2.81. The molecule has 0 saturated carbocycles. The highest BCUT2D eigenvalue weighted by molar-refractivity contribution is 6.04. The first-order valence-corrected chi connectivity index (χ1v) is 6.09. The Labute approximate surface area is 111 Å². The second-order valence-electron chi connectivity index (χ2n) is 4.58. The molecule has 0 unspecified atom stereocenters. The van der Waals surface area contributed by atoms with Crippen LogP contribution in [0.1, 0.15) is 35.7 Å². The lowest BCUT2D eigenvalue weighted by molar-refractivity contribution is 0.102. The minimum absolute atomic E-state index is 0.0579. The second kappa shape index (κ2) is 5.61. The number of benzene rings is 1. The molecule has 1 heterocycles. The highest BCUT2D eigenvalue weighted by Crippen LogP contribution is 2.19. The van der Waals surface area contributed by atoms with Gasteiger partial charge in [-0.25, -0.2) is 4.98 Å². The van der Waals surface area contributed by atoms with Crippen molar-refractivity contribution in [2.45, 2.75) is 19.8 Å².